The van der Waals surface area contributed by atoms with E-state index in [9.17, 15) is 19.2 Å². The molecule has 1 saturated carbocycles. The van der Waals surface area contributed by atoms with Crippen molar-refractivity contribution in [2.45, 2.75) is 40.5 Å². The fourth-order valence-corrected chi connectivity index (χ4v) is 5.36. The van der Waals surface area contributed by atoms with E-state index in [4.69, 9.17) is 0 Å². The minimum Gasteiger partial charge on any atom is -0.372 e. The number of aliphatic imine (C=N–C) groups is 1. The number of hydrogen-bond acceptors (Lipinski definition) is 7. The zero-order valence-electron chi connectivity index (χ0n) is 20.5. The number of benzene rings is 1. The lowest BCUT2D eigenvalue weighted by atomic mass is 9.70. The van der Waals surface area contributed by atoms with Crippen LogP contribution in [0.4, 0.5) is 0 Å². The van der Waals surface area contributed by atoms with Crippen LogP contribution in [0.5, 0.6) is 0 Å². The number of fused-ring (bicyclic) bond motifs is 1. The maximum absolute atomic E-state index is 12.8. The zero-order valence-corrected chi connectivity index (χ0v) is 20.5. The van der Waals surface area contributed by atoms with Crippen molar-refractivity contribution in [1.29, 1.82) is 0 Å². The number of nitrogens with zero attached hydrogens (tertiary/aromatic N) is 3. The third-order valence-corrected chi connectivity index (χ3v) is 7.22. The molecule has 3 aliphatic rings. The van der Waals surface area contributed by atoms with Crippen LogP contribution in [0.1, 0.15) is 61.3 Å². The third-order valence-electron chi connectivity index (χ3n) is 7.22. The van der Waals surface area contributed by atoms with E-state index in [-0.39, 0.29) is 28.5 Å². The first kappa shape index (κ1) is 24.2. The maximum Gasteiger partial charge on any atom is 0.199 e. The lowest BCUT2D eigenvalue weighted by molar-refractivity contribution is -0.136. The summed E-state index contributed by atoms with van der Waals surface area (Å²) >= 11 is 0. The van der Waals surface area contributed by atoms with Gasteiger partial charge in [0, 0.05) is 68.1 Å². The van der Waals surface area contributed by atoms with Crippen LogP contribution in [-0.2, 0) is 9.59 Å². The zero-order chi connectivity index (χ0) is 24.6. The molecular weight excluding hydrogens is 430 g/mol. The average molecular weight is 464 g/mol. The van der Waals surface area contributed by atoms with E-state index in [1.165, 1.54) is 0 Å². The Kier molecular flexibility index (Phi) is 6.67. The van der Waals surface area contributed by atoms with E-state index in [0.29, 0.717) is 41.8 Å². The summed E-state index contributed by atoms with van der Waals surface area (Å²) < 4.78 is 0. The number of piperazine rings is 1. The molecule has 0 N–H and O–H groups in total. The second kappa shape index (κ2) is 9.37. The van der Waals surface area contributed by atoms with E-state index in [2.05, 4.69) is 14.8 Å². The van der Waals surface area contributed by atoms with Gasteiger partial charge < -0.3 is 4.90 Å². The van der Waals surface area contributed by atoms with Crippen molar-refractivity contribution in [3.63, 3.8) is 0 Å². The molecule has 0 radical (unpaired) electrons. The minimum atomic E-state index is -0.676. The molecule has 180 valence electrons. The van der Waals surface area contributed by atoms with Crippen LogP contribution in [0.3, 0.4) is 0 Å². The largest absolute Gasteiger partial charge is 0.372 e. The molecule has 1 aromatic carbocycles. The smallest absolute Gasteiger partial charge is 0.199 e. The molecule has 1 saturated heterocycles. The minimum absolute atomic E-state index is 0.0159. The molecule has 0 unspecified atom stereocenters. The molecule has 7 heteroatoms. The fourth-order valence-electron chi connectivity index (χ4n) is 5.36. The molecule has 4 rings (SSSR count). The summed E-state index contributed by atoms with van der Waals surface area (Å²) in [6, 6.07) is 7.00. The van der Waals surface area contributed by atoms with Crippen LogP contribution in [-0.4, -0.2) is 77.9 Å². The quantitative estimate of drug-likeness (QED) is 0.289. The normalized spacial score (nSPS) is 21.9. The number of carbonyl (C=O) groups excluding carboxylic acids is 4. The summed E-state index contributed by atoms with van der Waals surface area (Å²) in [4.78, 5) is 59.5. The second-order valence-electron chi connectivity index (χ2n) is 10.4. The van der Waals surface area contributed by atoms with Gasteiger partial charge in [-0.25, -0.2) is 0 Å². The molecule has 1 aromatic rings. The van der Waals surface area contributed by atoms with Gasteiger partial charge in [0.05, 0.1) is 12.1 Å². The number of Topliss-reactive ketones (excluding diaryl/α,β-unsaturated/α-hetero) is 4. The molecule has 1 aliphatic heterocycles. The van der Waals surface area contributed by atoms with Crippen molar-refractivity contribution >= 4 is 28.8 Å². The Balaban J connectivity index is 1.32. The summed E-state index contributed by atoms with van der Waals surface area (Å²) in [6.45, 7) is 11.9. The summed E-state index contributed by atoms with van der Waals surface area (Å²) in [5.41, 5.74) is 2.40. The maximum atomic E-state index is 12.8. The van der Waals surface area contributed by atoms with Crippen LogP contribution in [0.15, 0.2) is 40.5 Å². The lowest BCUT2D eigenvalue weighted by Gasteiger charge is -2.36. The second-order valence-corrected chi connectivity index (χ2v) is 10.4. The third kappa shape index (κ3) is 4.67. The van der Waals surface area contributed by atoms with Crippen molar-refractivity contribution in [2.75, 3.05) is 39.3 Å². The molecule has 2 aliphatic carbocycles. The topological polar surface area (TPSA) is 87.1 Å². The van der Waals surface area contributed by atoms with Gasteiger partial charge in [0.15, 0.2) is 11.6 Å². The summed E-state index contributed by atoms with van der Waals surface area (Å²) in [5.74, 6) is -1.07. The van der Waals surface area contributed by atoms with Crippen LogP contribution < -0.4 is 0 Å². The highest BCUT2D eigenvalue weighted by atomic mass is 16.2. The number of carbonyl (C=O) groups is 4. The van der Waals surface area contributed by atoms with Crippen molar-refractivity contribution in [2.24, 2.45) is 16.3 Å². The molecule has 0 aromatic heterocycles. The van der Waals surface area contributed by atoms with Gasteiger partial charge in [0.1, 0.15) is 17.5 Å². The monoisotopic (exact) mass is 463 g/mol. The summed E-state index contributed by atoms with van der Waals surface area (Å²) in [7, 11) is 0. The number of rotatable bonds is 5. The van der Waals surface area contributed by atoms with Crippen LogP contribution >= 0.6 is 0 Å². The Morgan fingerprint density at radius 1 is 0.912 bits per heavy atom. The van der Waals surface area contributed by atoms with E-state index >= 15 is 0 Å². The Morgan fingerprint density at radius 2 is 1.44 bits per heavy atom. The van der Waals surface area contributed by atoms with Crippen molar-refractivity contribution in [3.05, 3.63) is 46.7 Å². The molecule has 1 heterocycles. The van der Waals surface area contributed by atoms with Gasteiger partial charge in [-0.05, 0) is 19.3 Å². The first-order valence-electron chi connectivity index (χ1n) is 12.0. The number of hydrogen-bond donors (Lipinski definition) is 0. The molecule has 0 spiro atoms. The SMILES string of the molecule is CC(=NCCN1CCN(C(C)=C2C(=O)c3ccccc3C2=O)CC1)C1C(=O)CC(C)(C)CC1=O. The molecule has 34 heavy (non-hydrogen) atoms. The highest BCUT2D eigenvalue weighted by Crippen LogP contribution is 2.34. The summed E-state index contributed by atoms with van der Waals surface area (Å²) in [6.07, 6.45) is 0.840. The molecule has 2 fully saturated rings. The van der Waals surface area contributed by atoms with Gasteiger partial charge in [-0.15, -0.1) is 0 Å². The van der Waals surface area contributed by atoms with E-state index in [1.807, 2.05) is 20.8 Å². The van der Waals surface area contributed by atoms with Gasteiger partial charge in [-0.1, -0.05) is 38.1 Å². The van der Waals surface area contributed by atoms with Crippen LogP contribution in [0.2, 0.25) is 0 Å². The predicted octanol–water partition coefficient (Wildman–Crippen LogP) is 2.99. The Bertz CT molecular complexity index is 1050. The van der Waals surface area contributed by atoms with Crippen LogP contribution in [0, 0.1) is 11.3 Å². The molecule has 0 bridgehead atoms. The van der Waals surface area contributed by atoms with Crippen molar-refractivity contribution in [3.8, 4) is 0 Å². The highest BCUT2D eigenvalue weighted by Gasteiger charge is 2.41. The van der Waals surface area contributed by atoms with Gasteiger partial charge in [-0.3, -0.25) is 29.1 Å². The average Bonchev–Trinajstić information content (AvgIpc) is 3.03. The van der Waals surface area contributed by atoms with Crippen molar-refractivity contribution in [1.82, 2.24) is 9.80 Å². The highest BCUT2D eigenvalue weighted by molar-refractivity contribution is 6.39. The van der Waals surface area contributed by atoms with Gasteiger partial charge >= 0.3 is 0 Å². The fraction of sp³-hybridized carbons (Fsp3) is 0.519. The molecule has 0 atom stereocenters. The van der Waals surface area contributed by atoms with Crippen molar-refractivity contribution < 1.29 is 19.2 Å². The Morgan fingerprint density at radius 3 is 1.97 bits per heavy atom. The number of allylic oxidation sites excluding steroid dienone is 2. The Labute approximate surface area is 200 Å². The van der Waals surface area contributed by atoms with E-state index in [0.717, 1.165) is 38.4 Å². The summed E-state index contributed by atoms with van der Waals surface area (Å²) in [5, 5.41) is 0. The first-order valence-corrected chi connectivity index (χ1v) is 12.0. The molecule has 0 amide bonds. The van der Waals surface area contributed by atoms with E-state index in [1.54, 1.807) is 31.2 Å². The van der Waals surface area contributed by atoms with Gasteiger partial charge in [-0.2, -0.15) is 0 Å². The molecular formula is C27H33N3O4. The van der Waals surface area contributed by atoms with Crippen LogP contribution in [0.25, 0.3) is 0 Å². The standard InChI is InChI=1S/C27H33N3O4/c1-17(23-21(31)15-27(3,4)16-22(23)32)28-9-10-29-11-13-30(14-12-29)18(2)24-25(33)19-7-5-6-8-20(19)26(24)34/h5-8,23H,9-16H2,1-4H3. The molecule has 7 nitrogen and oxygen atoms in total. The predicted molar refractivity (Wildman–Crippen MR) is 130 cm³/mol. The lowest BCUT2D eigenvalue weighted by Crippen LogP contribution is -2.46. The van der Waals surface area contributed by atoms with E-state index < -0.39 is 5.92 Å². The first-order chi connectivity index (χ1) is 16.1. The number of ketones is 4. The Hall–Kier alpha value is -2.93. The van der Waals surface area contributed by atoms with Gasteiger partial charge in [0.2, 0.25) is 0 Å². The van der Waals surface area contributed by atoms with Gasteiger partial charge in [0.25, 0.3) is 0 Å².